The summed E-state index contributed by atoms with van der Waals surface area (Å²) in [6, 6.07) is 11.1. The van der Waals surface area contributed by atoms with Crippen molar-refractivity contribution in [3.63, 3.8) is 0 Å². The Balaban J connectivity index is 1.72. The van der Waals surface area contributed by atoms with Gasteiger partial charge in [0.05, 0.1) is 35.7 Å². The number of sulfonamides is 1. The van der Waals surface area contributed by atoms with E-state index in [4.69, 9.17) is 8.92 Å². The third-order valence-electron chi connectivity index (χ3n) is 8.09. The molecule has 47 heavy (non-hydrogen) atoms. The predicted octanol–water partition coefficient (Wildman–Crippen LogP) is 5.32. The van der Waals surface area contributed by atoms with E-state index in [1.807, 2.05) is 0 Å². The van der Waals surface area contributed by atoms with Gasteiger partial charge in [-0.15, -0.1) is 0 Å². The van der Waals surface area contributed by atoms with Gasteiger partial charge in [0.1, 0.15) is 22.1 Å². The van der Waals surface area contributed by atoms with E-state index in [0.29, 0.717) is 47.7 Å². The lowest BCUT2D eigenvalue weighted by atomic mass is 9.74. The summed E-state index contributed by atoms with van der Waals surface area (Å²) >= 11 is 0. The van der Waals surface area contributed by atoms with Crippen LogP contribution in [0.3, 0.4) is 0 Å². The molecule has 0 bridgehead atoms. The first-order valence-electron chi connectivity index (χ1n) is 14.1. The normalized spacial score (nSPS) is 21.0. The molecule has 3 atom stereocenters. The number of nitrogens with one attached hydrogen (secondary N) is 1. The minimum Gasteiger partial charge on any atom is -0.497 e. The van der Waals surface area contributed by atoms with Crippen LogP contribution in [0.4, 0.5) is 22.0 Å². The van der Waals surface area contributed by atoms with E-state index >= 15 is 4.39 Å². The van der Waals surface area contributed by atoms with Gasteiger partial charge in [-0.25, -0.2) is 30.3 Å². The summed E-state index contributed by atoms with van der Waals surface area (Å²) in [5.41, 5.74) is -1.17. The van der Waals surface area contributed by atoms with Crippen LogP contribution in [0, 0.1) is 17.6 Å². The molecule has 1 fully saturated rings. The minimum atomic E-state index is -4.84. The maximum atomic E-state index is 15.4. The van der Waals surface area contributed by atoms with Crippen LogP contribution in [0.1, 0.15) is 42.4 Å². The summed E-state index contributed by atoms with van der Waals surface area (Å²) in [7, 11) is -11.6. The smallest absolute Gasteiger partial charge is 0.416 e. The first kappa shape index (κ1) is 36.7. The molecule has 0 saturated heterocycles. The molecule has 0 unspecified atom stereocenters. The van der Waals surface area contributed by atoms with E-state index in [0.717, 1.165) is 12.3 Å². The number of sulfone groups is 1. The molecule has 0 radical (unpaired) electrons. The van der Waals surface area contributed by atoms with Crippen molar-refractivity contribution in [1.82, 2.24) is 4.72 Å². The Bertz CT molecular complexity index is 1900. The molecule has 4 rings (SSSR count). The summed E-state index contributed by atoms with van der Waals surface area (Å²) in [5, 5.41) is 0. The van der Waals surface area contributed by atoms with E-state index in [2.05, 4.69) is 4.72 Å². The molecule has 0 heterocycles. The highest BCUT2D eigenvalue weighted by atomic mass is 32.2. The van der Waals surface area contributed by atoms with Crippen molar-refractivity contribution in [2.24, 2.45) is 5.92 Å². The van der Waals surface area contributed by atoms with E-state index in [9.17, 15) is 42.8 Å². The number of hydrogen-bond acceptors (Lipinski definition) is 8. The van der Waals surface area contributed by atoms with Crippen molar-refractivity contribution >= 4 is 30.0 Å². The SMILES string of the molecule is COc1ccc(CNS(=O)(=O)CC[C@@H]2C[C@](c3cc(F)ccc3F)(S(=O)(=O)c3ccc(C(F)(F)F)cc3)CC[C@H]2OS(C)(=O)=O)cc1. The lowest BCUT2D eigenvalue weighted by Crippen LogP contribution is -2.47. The van der Waals surface area contributed by atoms with Crippen molar-refractivity contribution in [3.05, 3.63) is 95.1 Å². The Morgan fingerprint density at radius 1 is 0.915 bits per heavy atom. The summed E-state index contributed by atoms with van der Waals surface area (Å²) in [6.45, 7) is -0.110. The molecule has 1 aliphatic rings. The Kier molecular flexibility index (Phi) is 10.8. The Labute approximate surface area is 270 Å². The van der Waals surface area contributed by atoms with Crippen LogP contribution < -0.4 is 9.46 Å². The van der Waals surface area contributed by atoms with E-state index in [1.165, 1.54) is 7.11 Å². The van der Waals surface area contributed by atoms with E-state index < -0.39 is 99.2 Å². The molecule has 258 valence electrons. The van der Waals surface area contributed by atoms with E-state index in [-0.39, 0.29) is 19.4 Å². The van der Waals surface area contributed by atoms with Gasteiger partial charge in [0, 0.05) is 12.1 Å². The predicted molar refractivity (Wildman–Crippen MR) is 162 cm³/mol. The average Bonchev–Trinajstić information content (AvgIpc) is 3.00. The lowest BCUT2D eigenvalue weighted by molar-refractivity contribution is -0.137. The van der Waals surface area contributed by atoms with Crippen LogP contribution in [0.15, 0.2) is 71.6 Å². The van der Waals surface area contributed by atoms with Gasteiger partial charge in [0.15, 0.2) is 9.84 Å². The zero-order valence-corrected chi connectivity index (χ0v) is 27.6. The zero-order valence-electron chi connectivity index (χ0n) is 25.1. The maximum Gasteiger partial charge on any atom is 0.416 e. The molecule has 9 nitrogen and oxygen atoms in total. The van der Waals surface area contributed by atoms with Crippen molar-refractivity contribution in [1.29, 1.82) is 0 Å². The highest BCUT2D eigenvalue weighted by Crippen LogP contribution is 2.51. The number of rotatable bonds is 12. The van der Waals surface area contributed by atoms with Crippen LogP contribution in [0.2, 0.25) is 0 Å². The van der Waals surface area contributed by atoms with Gasteiger partial charge in [0.25, 0.3) is 10.1 Å². The van der Waals surface area contributed by atoms with Crippen molar-refractivity contribution in [2.75, 3.05) is 19.1 Å². The first-order chi connectivity index (χ1) is 21.8. The quantitative estimate of drug-likeness (QED) is 0.196. The summed E-state index contributed by atoms with van der Waals surface area (Å²) < 4.78 is 159. The van der Waals surface area contributed by atoms with Crippen LogP contribution in [0.5, 0.6) is 5.75 Å². The molecule has 3 aromatic rings. The van der Waals surface area contributed by atoms with Crippen molar-refractivity contribution < 1.29 is 56.1 Å². The van der Waals surface area contributed by atoms with Gasteiger partial charge in [-0.3, -0.25) is 4.18 Å². The molecule has 1 saturated carbocycles. The Morgan fingerprint density at radius 2 is 1.55 bits per heavy atom. The molecule has 0 aliphatic heterocycles. The standard InChI is InChI=1S/C30H32F5NO8S3/c1-43-24-8-3-20(4-9-24)19-36-46(39,40)16-14-21-18-29(15-13-28(21)44-45(2,37)38,26-17-23(31)7-12-27(26)32)47(41,42)25-10-5-22(6-11-25)30(33,34)35/h3-12,17,21,28,36H,13-16,18-19H2,1-2H3/t21-,28-,29-/m1/s1. The molecule has 0 amide bonds. The van der Waals surface area contributed by atoms with Crippen LogP contribution in [-0.4, -0.2) is 50.5 Å². The molecular weight excluding hydrogens is 694 g/mol. The molecule has 3 aromatic carbocycles. The molecule has 0 aromatic heterocycles. The van der Waals surface area contributed by atoms with Crippen LogP contribution in [-0.2, 0) is 51.6 Å². The second kappa shape index (κ2) is 13.8. The zero-order chi connectivity index (χ0) is 34.8. The largest absolute Gasteiger partial charge is 0.497 e. The van der Waals surface area contributed by atoms with Gasteiger partial charge in [-0.05, 0) is 91.8 Å². The van der Waals surface area contributed by atoms with Gasteiger partial charge in [-0.1, -0.05) is 12.1 Å². The second-order valence-electron chi connectivity index (χ2n) is 11.3. The number of methoxy groups -OCH3 is 1. The Hall–Kier alpha value is -3.12. The van der Waals surface area contributed by atoms with Gasteiger partial charge in [0.2, 0.25) is 10.0 Å². The fraction of sp³-hybridized carbons (Fsp3) is 0.400. The average molecular weight is 726 g/mol. The molecule has 0 spiro atoms. The monoisotopic (exact) mass is 725 g/mol. The number of ether oxygens (including phenoxy) is 1. The maximum absolute atomic E-state index is 15.4. The fourth-order valence-electron chi connectivity index (χ4n) is 5.75. The highest BCUT2D eigenvalue weighted by Gasteiger charge is 2.54. The number of benzene rings is 3. The third-order valence-corrected chi connectivity index (χ3v) is 12.6. The van der Waals surface area contributed by atoms with Gasteiger partial charge < -0.3 is 4.74 Å². The van der Waals surface area contributed by atoms with Gasteiger partial charge in [-0.2, -0.15) is 21.6 Å². The van der Waals surface area contributed by atoms with Crippen LogP contribution >= 0.6 is 0 Å². The van der Waals surface area contributed by atoms with Crippen LogP contribution in [0.25, 0.3) is 0 Å². The number of hydrogen-bond donors (Lipinski definition) is 1. The summed E-state index contributed by atoms with van der Waals surface area (Å²) in [6.07, 6.45) is -7.14. The lowest BCUT2D eigenvalue weighted by Gasteiger charge is -2.44. The third kappa shape index (κ3) is 8.68. The molecule has 1 N–H and O–H groups in total. The minimum absolute atomic E-state index is 0.110. The number of alkyl halides is 3. The number of halogens is 5. The molecule has 1 aliphatic carbocycles. The highest BCUT2D eigenvalue weighted by molar-refractivity contribution is 7.92. The first-order valence-corrected chi connectivity index (χ1v) is 19.1. The topological polar surface area (TPSA) is 133 Å². The fourth-order valence-corrected chi connectivity index (χ4v) is 9.81. The summed E-state index contributed by atoms with van der Waals surface area (Å²) in [5.74, 6) is -3.37. The molecule has 17 heteroatoms. The summed E-state index contributed by atoms with van der Waals surface area (Å²) in [4.78, 5) is -0.621. The van der Waals surface area contributed by atoms with Crippen molar-refractivity contribution in [3.8, 4) is 5.75 Å². The second-order valence-corrected chi connectivity index (χ2v) is 17.0. The Morgan fingerprint density at radius 3 is 2.13 bits per heavy atom. The van der Waals surface area contributed by atoms with E-state index in [1.54, 1.807) is 24.3 Å². The van der Waals surface area contributed by atoms with Gasteiger partial charge >= 0.3 is 6.18 Å². The van der Waals surface area contributed by atoms with Crippen molar-refractivity contribution in [2.45, 2.75) is 54.2 Å². The molecular formula is C30H32F5NO8S3.